The van der Waals surface area contributed by atoms with Gasteiger partial charge in [0.25, 0.3) is 0 Å². The molecule has 3 nitrogen and oxygen atoms in total. The number of benzene rings is 1. The van der Waals surface area contributed by atoms with Gasteiger partial charge >= 0.3 is 6.18 Å². The first-order chi connectivity index (χ1) is 10.9. The molecular formula is C16H18F3N3S. The van der Waals surface area contributed by atoms with Crippen molar-refractivity contribution in [3.8, 4) is 0 Å². The van der Waals surface area contributed by atoms with Gasteiger partial charge in [0.05, 0.1) is 5.52 Å². The molecule has 0 radical (unpaired) electrons. The normalized spacial score (nSPS) is 16.0. The summed E-state index contributed by atoms with van der Waals surface area (Å²) < 4.78 is 39.5. The lowest BCUT2D eigenvalue weighted by atomic mass is 9.98. The molecule has 0 amide bonds. The molecule has 0 unspecified atom stereocenters. The van der Waals surface area contributed by atoms with Crippen LogP contribution in [0.4, 0.5) is 18.9 Å². The highest BCUT2D eigenvalue weighted by molar-refractivity contribution is 7.99. The quantitative estimate of drug-likeness (QED) is 0.860. The molecule has 1 saturated heterocycles. The van der Waals surface area contributed by atoms with Gasteiger partial charge in [-0.2, -0.15) is 13.2 Å². The predicted molar refractivity (Wildman–Crippen MR) is 87.9 cm³/mol. The highest BCUT2D eigenvalue weighted by Gasteiger charge is 2.35. The molecule has 0 bridgehead atoms. The zero-order valence-corrected chi connectivity index (χ0v) is 13.5. The molecule has 3 rings (SSSR count). The maximum atomic E-state index is 13.2. The van der Waals surface area contributed by atoms with Gasteiger partial charge in [-0.15, -0.1) is 11.8 Å². The van der Waals surface area contributed by atoms with Gasteiger partial charge in [0, 0.05) is 35.0 Å². The number of aromatic nitrogens is 1. The van der Waals surface area contributed by atoms with E-state index in [2.05, 4.69) is 4.98 Å². The molecule has 2 aromatic rings. The van der Waals surface area contributed by atoms with Crippen LogP contribution in [0.1, 0.15) is 12.6 Å². The number of rotatable bonds is 4. The second-order valence-electron chi connectivity index (χ2n) is 5.64. The molecular weight excluding hydrogens is 323 g/mol. The number of alkyl halides is 3. The summed E-state index contributed by atoms with van der Waals surface area (Å²) in [5, 5.41) is 0.758. The molecule has 1 aliphatic heterocycles. The fourth-order valence-corrected chi connectivity index (χ4v) is 3.46. The smallest absolute Gasteiger partial charge is 0.370 e. The molecule has 0 spiro atoms. The van der Waals surface area contributed by atoms with E-state index in [0.29, 0.717) is 36.8 Å². The highest BCUT2D eigenvalue weighted by atomic mass is 32.2. The average molecular weight is 341 g/mol. The third kappa shape index (κ3) is 3.26. The van der Waals surface area contributed by atoms with Gasteiger partial charge in [-0.25, -0.2) is 4.98 Å². The van der Waals surface area contributed by atoms with Crippen LogP contribution in [0.2, 0.25) is 0 Å². The molecule has 0 saturated carbocycles. The van der Waals surface area contributed by atoms with Crippen LogP contribution >= 0.6 is 11.8 Å². The minimum atomic E-state index is -4.45. The fraction of sp³-hybridized carbons (Fsp3) is 0.438. The van der Waals surface area contributed by atoms with Gasteiger partial charge < -0.3 is 10.6 Å². The number of halogens is 3. The Bertz CT molecular complexity index is 712. The Morgan fingerprint density at radius 2 is 2.04 bits per heavy atom. The first kappa shape index (κ1) is 16.4. The van der Waals surface area contributed by atoms with Crippen LogP contribution < -0.4 is 10.6 Å². The van der Waals surface area contributed by atoms with Crippen LogP contribution in [0.15, 0.2) is 29.2 Å². The van der Waals surface area contributed by atoms with Gasteiger partial charge in [-0.1, -0.05) is 6.92 Å². The predicted octanol–water partition coefficient (Wildman–Crippen LogP) is 3.76. The van der Waals surface area contributed by atoms with E-state index < -0.39 is 11.9 Å². The van der Waals surface area contributed by atoms with Crippen LogP contribution in [0.25, 0.3) is 10.9 Å². The van der Waals surface area contributed by atoms with Gasteiger partial charge in [0.15, 0.2) is 0 Å². The van der Waals surface area contributed by atoms with E-state index in [9.17, 15) is 13.2 Å². The maximum Gasteiger partial charge on any atom is 0.433 e. The summed E-state index contributed by atoms with van der Waals surface area (Å²) in [5.41, 5.74) is 5.77. The monoisotopic (exact) mass is 341 g/mol. The minimum absolute atomic E-state index is 0.350. The van der Waals surface area contributed by atoms with Crippen molar-refractivity contribution in [3.63, 3.8) is 0 Å². The Morgan fingerprint density at radius 3 is 2.65 bits per heavy atom. The van der Waals surface area contributed by atoms with Crippen molar-refractivity contribution in [1.82, 2.24) is 4.98 Å². The Hall–Kier alpha value is -1.47. The largest absolute Gasteiger partial charge is 0.433 e. The number of fused-ring (bicyclic) bond motifs is 1. The van der Waals surface area contributed by atoms with Crippen molar-refractivity contribution in [2.45, 2.75) is 18.0 Å². The number of anilines is 1. The van der Waals surface area contributed by atoms with Gasteiger partial charge in [0.1, 0.15) is 5.69 Å². The zero-order valence-electron chi connectivity index (χ0n) is 12.7. The molecule has 1 fully saturated rings. The summed E-state index contributed by atoms with van der Waals surface area (Å²) in [7, 11) is 0. The van der Waals surface area contributed by atoms with E-state index >= 15 is 0 Å². The molecule has 1 aromatic heterocycles. The number of hydrogen-bond donors (Lipinski definition) is 1. The van der Waals surface area contributed by atoms with Crippen molar-refractivity contribution in [3.05, 3.63) is 30.0 Å². The van der Waals surface area contributed by atoms with Crippen molar-refractivity contribution in [1.29, 1.82) is 0 Å². The van der Waals surface area contributed by atoms with Crippen molar-refractivity contribution < 1.29 is 13.2 Å². The Kier molecular flexibility index (Phi) is 4.42. The second kappa shape index (κ2) is 6.20. The molecule has 0 aliphatic carbocycles. The molecule has 1 aliphatic rings. The van der Waals surface area contributed by atoms with E-state index in [1.54, 1.807) is 17.8 Å². The van der Waals surface area contributed by atoms with Crippen LogP contribution in [-0.2, 0) is 6.18 Å². The summed E-state index contributed by atoms with van der Waals surface area (Å²) in [5.74, 6) is 1.21. The number of pyridine rings is 1. The van der Waals surface area contributed by atoms with Crippen molar-refractivity contribution in [2.24, 2.45) is 11.7 Å². The van der Waals surface area contributed by atoms with E-state index in [4.69, 9.17) is 5.73 Å². The number of thioether (sulfide) groups is 1. The fourth-order valence-electron chi connectivity index (χ4n) is 2.77. The van der Waals surface area contributed by atoms with Crippen LogP contribution in [0.5, 0.6) is 0 Å². The lowest BCUT2D eigenvalue weighted by Crippen LogP contribution is -2.50. The van der Waals surface area contributed by atoms with E-state index in [1.807, 2.05) is 24.0 Å². The maximum absolute atomic E-state index is 13.2. The standard InChI is InChI=1S/C16H18F3N3S/c1-2-23-11-3-4-12-13(5-11)21-15(16(17,18)19)6-14(12)22-8-10(7-20)9-22/h3-6,10H,2,7-9,20H2,1H3. The topological polar surface area (TPSA) is 42.1 Å². The van der Waals surface area contributed by atoms with E-state index in [-0.39, 0.29) is 0 Å². The van der Waals surface area contributed by atoms with Crippen LogP contribution in [0, 0.1) is 5.92 Å². The summed E-state index contributed by atoms with van der Waals surface area (Å²) in [6.45, 7) is 3.95. The van der Waals surface area contributed by atoms with Crippen molar-refractivity contribution >= 4 is 28.4 Å². The molecule has 7 heteroatoms. The Balaban J connectivity index is 2.09. The third-order valence-electron chi connectivity index (χ3n) is 3.99. The van der Waals surface area contributed by atoms with Gasteiger partial charge in [-0.05, 0) is 36.6 Å². The number of hydrogen-bond acceptors (Lipinski definition) is 4. The molecule has 2 heterocycles. The first-order valence-electron chi connectivity index (χ1n) is 7.52. The molecule has 124 valence electrons. The van der Waals surface area contributed by atoms with Crippen LogP contribution in [-0.4, -0.2) is 30.4 Å². The van der Waals surface area contributed by atoms with Crippen molar-refractivity contribution in [2.75, 3.05) is 30.3 Å². The number of nitrogens with zero attached hydrogens (tertiary/aromatic N) is 2. The second-order valence-corrected chi connectivity index (χ2v) is 6.98. The Labute approximate surface area is 137 Å². The van der Waals surface area contributed by atoms with Gasteiger partial charge in [0.2, 0.25) is 0 Å². The summed E-state index contributed by atoms with van der Waals surface area (Å²) in [6.07, 6.45) is -4.45. The third-order valence-corrected chi connectivity index (χ3v) is 4.87. The first-order valence-corrected chi connectivity index (χ1v) is 8.50. The lowest BCUT2D eigenvalue weighted by molar-refractivity contribution is -0.140. The lowest BCUT2D eigenvalue weighted by Gasteiger charge is -2.41. The molecule has 23 heavy (non-hydrogen) atoms. The molecule has 0 atom stereocenters. The highest BCUT2D eigenvalue weighted by Crippen LogP contribution is 2.37. The SMILES string of the molecule is CCSc1ccc2c(N3CC(CN)C3)cc(C(F)(F)F)nc2c1. The minimum Gasteiger partial charge on any atom is -0.370 e. The zero-order chi connectivity index (χ0) is 16.6. The van der Waals surface area contributed by atoms with E-state index in [1.165, 1.54) is 0 Å². The molecule has 2 N–H and O–H groups in total. The Morgan fingerprint density at radius 1 is 1.30 bits per heavy atom. The summed E-state index contributed by atoms with van der Waals surface area (Å²) in [4.78, 5) is 6.72. The summed E-state index contributed by atoms with van der Waals surface area (Å²) in [6, 6.07) is 6.70. The van der Waals surface area contributed by atoms with E-state index in [0.717, 1.165) is 22.1 Å². The molecule has 1 aromatic carbocycles. The van der Waals surface area contributed by atoms with Gasteiger partial charge in [-0.3, -0.25) is 0 Å². The average Bonchev–Trinajstić information content (AvgIpc) is 2.45. The van der Waals surface area contributed by atoms with Crippen LogP contribution in [0.3, 0.4) is 0 Å². The number of nitrogens with two attached hydrogens (primary N) is 1. The summed E-state index contributed by atoms with van der Waals surface area (Å²) >= 11 is 1.59.